The van der Waals surface area contributed by atoms with E-state index < -0.39 is 11.4 Å². The van der Waals surface area contributed by atoms with E-state index in [-0.39, 0.29) is 11.3 Å². The highest BCUT2D eigenvalue weighted by molar-refractivity contribution is 5.91. The number of hydrogen-bond acceptors (Lipinski definition) is 5. The molecule has 0 bridgehead atoms. The van der Waals surface area contributed by atoms with Gasteiger partial charge in [0.2, 0.25) is 0 Å². The topological polar surface area (TPSA) is 85.2 Å². The standard InChI is InChI=1S/C25H26O6/c1-25(2,17-9-12-22(26)20(15-17)24(27)28)21-11-10-19(16-23(21)29-3)31-14-13-30-18-7-5-4-6-8-18/h4-12,15-16,26H,13-14H2,1-3H3,(H,27,28). The number of ether oxygens (including phenoxy) is 3. The Kier molecular flexibility index (Phi) is 6.70. The lowest BCUT2D eigenvalue weighted by molar-refractivity contribution is 0.0693. The highest BCUT2D eigenvalue weighted by atomic mass is 16.5. The minimum atomic E-state index is -1.18. The summed E-state index contributed by atoms with van der Waals surface area (Å²) in [6, 6.07) is 19.7. The van der Waals surface area contributed by atoms with Gasteiger partial charge >= 0.3 is 5.97 Å². The SMILES string of the molecule is COc1cc(OCCOc2ccccc2)ccc1C(C)(C)c1ccc(O)c(C(=O)O)c1. The molecule has 0 aliphatic heterocycles. The first-order valence-corrected chi connectivity index (χ1v) is 9.89. The molecule has 0 amide bonds. The zero-order valence-electron chi connectivity index (χ0n) is 17.8. The summed E-state index contributed by atoms with van der Waals surface area (Å²) in [4.78, 5) is 11.4. The molecule has 0 heterocycles. The molecule has 0 aliphatic carbocycles. The third-order valence-corrected chi connectivity index (χ3v) is 5.16. The predicted molar refractivity (Wildman–Crippen MR) is 118 cm³/mol. The van der Waals surface area contributed by atoms with Crippen molar-refractivity contribution < 1.29 is 29.2 Å². The van der Waals surface area contributed by atoms with Gasteiger partial charge in [0.25, 0.3) is 0 Å². The predicted octanol–water partition coefficient (Wildman–Crippen LogP) is 4.88. The summed E-state index contributed by atoms with van der Waals surface area (Å²) in [6.45, 7) is 4.72. The second kappa shape index (κ2) is 9.43. The first-order chi connectivity index (χ1) is 14.8. The van der Waals surface area contributed by atoms with Gasteiger partial charge in [-0.2, -0.15) is 0 Å². The molecule has 6 heteroatoms. The molecule has 6 nitrogen and oxygen atoms in total. The van der Waals surface area contributed by atoms with E-state index in [0.717, 1.165) is 16.9 Å². The number of methoxy groups -OCH3 is 1. The smallest absolute Gasteiger partial charge is 0.339 e. The number of carboxylic acid groups (broad SMARTS) is 1. The fraction of sp³-hybridized carbons (Fsp3) is 0.240. The molecular weight excluding hydrogens is 396 g/mol. The van der Waals surface area contributed by atoms with Crippen LogP contribution < -0.4 is 14.2 Å². The van der Waals surface area contributed by atoms with E-state index in [1.165, 1.54) is 12.1 Å². The molecule has 0 saturated carbocycles. The van der Waals surface area contributed by atoms with E-state index in [4.69, 9.17) is 14.2 Å². The number of hydrogen-bond donors (Lipinski definition) is 2. The number of phenols is 1. The van der Waals surface area contributed by atoms with Crippen LogP contribution in [0.1, 0.15) is 35.3 Å². The van der Waals surface area contributed by atoms with Crippen molar-refractivity contribution in [2.24, 2.45) is 0 Å². The van der Waals surface area contributed by atoms with Gasteiger partial charge in [-0.15, -0.1) is 0 Å². The number of aromatic hydroxyl groups is 1. The van der Waals surface area contributed by atoms with Crippen molar-refractivity contribution in [1.29, 1.82) is 0 Å². The molecule has 0 unspecified atom stereocenters. The molecule has 0 saturated heterocycles. The van der Waals surface area contributed by atoms with Gasteiger partial charge in [0, 0.05) is 17.0 Å². The summed E-state index contributed by atoms with van der Waals surface area (Å²) in [7, 11) is 1.58. The number of rotatable bonds is 9. The molecule has 3 aromatic carbocycles. The largest absolute Gasteiger partial charge is 0.507 e. The lowest BCUT2D eigenvalue weighted by atomic mass is 9.77. The van der Waals surface area contributed by atoms with E-state index in [0.29, 0.717) is 24.7 Å². The minimum absolute atomic E-state index is 0.136. The second-order valence-electron chi connectivity index (χ2n) is 7.53. The van der Waals surface area contributed by atoms with E-state index in [1.807, 2.05) is 56.3 Å². The van der Waals surface area contributed by atoms with Crippen molar-refractivity contribution >= 4 is 5.97 Å². The van der Waals surface area contributed by atoms with Gasteiger partial charge in [0.1, 0.15) is 41.8 Å². The summed E-state index contributed by atoms with van der Waals surface area (Å²) < 4.78 is 17.0. The first-order valence-electron chi connectivity index (χ1n) is 9.89. The van der Waals surface area contributed by atoms with Crippen LogP contribution in [0, 0.1) is 0 Å². The summed E-state index contributed by atoms with van der Waals surface area (Å²) in [6.07, 6.45) is 0. The Morgan fingerprint density at radius 2 is 1.58 bits per heavy atom. The van der Waals surface area contributed by atoms with Crippen LogP contribution in [-0.2, 0) is 5.41 Å². The average Bonchev–Trinajstić information content (AvgIpc) is 2.77. The molecule has 0 aromatic heterocycles. The monoisotopic (exact) mass is 422 g/mol. The Hall–Kier alpha value is -3.67. The Labute approximate surface area is 181 Å². The van der Waals surface area contributed by atoms with E-state index in [1.54, 1.807) is 19.2 Å². The summed E-state index contributed by atoms with van der Waals surface area (Å²) in [5, 5.41) is 19.1. The normalized spacial score (nSPS) is 11.1. The lowest BCUT2D eigenvalue weighted by Gasteiger charge is -2.28. The number of aromatic carboxylic acids is 1. The zero-order valence-corrected chi connectivity index (χ0v) is 17.8. The van der Waals surface area contributed by atoms with Crippen LogP contribution in [0.4, 0.5) is 0 Å². The fourth-order valence-electron chi connectivity index (χ4n) is 3.37. The summed E-state index contributed by atoms with van der Waals surface area (Å²) >= 11 is 0. The quantitative estimate of drug-likeness (QED) is 0.478. The first kappa shape index (κ1) is 22.0. The molecule has 0 radical (unpaired) electrons. The van der Waals surface area contributed by atoms with E-state index in [9.17, 15) is 15.0 Å². The number of para-hydroxylation sites is 1. The third-order valence-electron chi connectivity index (χ3n) is 5.16. The van der Waals surface area contributed by atoms with Crippen LogP contribution in [0.15, 0.2) is 66.7 Å². The Balaban J connectivity index is 1.75. The molecule has 0 atom stereocenters. The van der Waals surface area contributed by atoms with Crippen molar-refractivity contribution in [1.82, 2.24) is 0 Å². The molecule has 3 aromatic rings. The van der Waals surface area contributed by atoms with Crippen molar-refractivity contribution in [3.63, 3.8) is 0 Å². The Bertz CT molecular complexity index is 1040. The molecule has 0 fully saturated rings. The number of carboxylic acids is 1. The van der Waals surface area contributed by atoms with Crippen LogP contribution in [0.25, 0.3) is 0 Å². The van der Waals surface area contributed by atoms with Crippen LogP contribution in [-0.4, -0.2) is 36.5 Å². The van der Waals surface area contributed by atoms with Gasteiger partial charge in [0.05, 0.1) is 7.11 Å². The fourth-order valence-corrected chi connectivity index (χ4v) is 3.37. The molecule has 0 aliphatic rings. The van der Waals surface area contributed by atoms with Crippen LogP contribution in [0.5, 0.6) is 23.0 Å². The van der Waals surface area contributed by atoms with Crippen molar-refractivity contribution in [3.05, 3.63) is 83.4 Å². The van der Waals surface area contributed by atoms with Gasteiger partial charge in [-0.1, -0.05) is 44.2 Å². The molecule has 3 rings (SSSR count). The van der Waals surface area contributed by atoms with Crippen LogP contribution >= 0.6 is 0 Å². The second-order valence-corrected chi connectivity index (χ2v) is 7.53. The van der Waals surface area contributed by atoms with Crippen molar-refractivity contribution in [3.8, 4) is 23.0 Å². The van der Waals surface area contributed by atoms with Gasteiger partial charge in [0.15, 0.2) is 0 Å². The lowest BCUT2D eigenvalue weighted by Crippen LogP contribution is -2.20. The molecule has 162 valence electrons. The maximum atomic E-state index is 11.4. The van der Waals surface area contributed by atoms with Gasteiger partial charge < -0.3 is 24.4 Å². The maximum absolute atomic E-state index is 11.4. The molecule has 31 heavy (non-hydrogen) atoms. The molecule has 2 N–H and O–H groups in total. The van der Waals surface area contributed by atoms with Gasteiger partial charge in [-0.05, 0) is 35.9 Å². The third kappa shape index (κ3) is 5.09. The minimum Gasteiger partial charge on any atom is -0.507 e. The van der Waals surface area contributed by atoms with E-state index in [2.05, 4.69) is 0 Å². The van der Waals surface area contributed by atoms with Crippen LogP contribution in [0.3, 0.4) is 0 Å². The van der Waals surface area contributed by atoms with E-state index >= 15 is 0 Å². The Morgan fingerprint density at radius 3 is 2.23 bits per heavy atom. The van der Waals surface area contributed by atoms with Gasteiger partial charge in [-0.3, -0.25) is 0 Å². The van der Waals surface area contributed by atoms with Crippen molar-refractivity contribution in [2.45, 2.75) is 19.3 Å². The summed E-state index contributed by atoms with van der Waals surface area (Å²) in [5.41, 5.74) is 0.900. The summed E-state index contributed by atoms with van der Waals surface area (Å²) in [5.74, 6) is 0.612. The maximum Gasteiger partial charge on any atom is 0.339 e. The highest BCUT2D eigenvalue weighted by Crippen LogP contribution is 2.40. The average molecular weight is 422 g/mol. The zero-order chi connectivity index (χ0) is 22.4. The van der Waals surface area contributed by atoms with Crippen molar-refractivity contribution in [2.75, 3.05) is 20.3 Å². The highest BCUT2D eigenvalue weighted by Gasteiger charge is 2.28. The number of benzene rings is 3. The van der Waals surface area contributed by atoms with Crippen LogP contribution in [0.2, 0.25) is 0 Å². The molecular formula is C25H26O6. The molecule has 0 spiro atoms. The number of carbonyl (C=O) groups is 1. The Morgan fingerprint density at radius 1 is 0.903 bits per heavy atom. The van der Waals surface area contributed by atoms with Gasteiger partial charge in [-0.25, -0.2) is 4.79 Å².